The van der Waals surface area contributed by atoms with Gasteiger partial charge in [0, 0.05) is 17.1 Å². The average molecular weight is 352 g/mol. The molecule has 122 valence electrons. The van der Waals surface area contributed by atoms with Crippen molar-refractivity contribution in [3.8, 4) is 17.1 Å². The summed E-state index contributed by atoms with van der Waals surface area (Å²) in [5.41, 5.74) is 8.88. The van der Waals surface area contributed by atoms with Gasteiger partial charge in [0.2, 0.25) is 5.95 Å². The molecular formula is C16H10ClN7O. The van der Waals surface area contributed by atoms with Gasteiger partial charge >= 0.3 is 0 Å². The predicted octanol–water partition coefficient (Wildman–Crippen LogP) is 3.19. The van der Waals surface area contributed by atoms with Crippen molar-refractivity contribution in [3.05, 3.63) is 47.8 Å². The first-order chi connectivity index (χ1) is 12.2. The number of fused-ring (bicyclic) bond motifs is 2. The number of H-pyrrole nitrogens is 1. The minimum Gasteiger partial charge on any atom is -0.463 e. The third-order valence-corrected chi connectivity index (χ3v) is 4.22. The van der Waals surface area contributed by atoms with Crippen molar-refractivity contribution in [3.63, 3.8) is 0 Å². The number of nitrogen functional groups attached to an aromatic ring is 1. The molecule has 0 saturated heterocycles. The lowest BCUT2D eigenvalue weighted by Gasteiger charge is -2.06. The van der Waals surface area contributed by atoms with Crippen LogP contribution in [-0.2, 0) is 0 Å². The fourth-order valence-electron chi connectivity index (χ4n) is 2.80. The Hall–Kier alpha value is -3.39. The molecule has 0 aliphatic rings. The summed E-state index contributed by atoms with van der Waals surface area (Å²) in [5, 5.41) is 9.92. The molecule has 0 radical (unpaired) electrons. The van der Waals surface area contributed by atoms with Gasteiger partial charge in [0.05, 0.1) is 17.0 Å². The number of aromatic amines is 1. The van der Waals surface area contributed by atoms with E-state index in [2.05, 4.69) is 25.3 Å². The molecule has 5 aromatic rings. The van der Waals surface area contributed by atoms with E-state index in [9.17, 15) is 0 Å². The average Bonchev–Trinajstić information content (AvgIpc) is 3.33. The molecular weight excluding hydrogens is 342 g/mol. The predicted molar refractivity (Wildman–Crippen MR) is 93.4 cm³/mol. The van der Waals surface area contributed by atoms with Crippen LogP contribution in [0.1, 0.15) is 0 Å². The summed E-state index contributed by atoms with van der Waals surface area (Å²) >= 11 is 6.43. The highest BCUT2D eigenvalue weighted by Gasteiger charge is 2.19. The third-order valence-electron chi connectivity index (χ3n) is 3.92. The zero-order chi connectivity index (χ0) is 17.0. The highest BCUT2D eigenvalue weighted by Crippen LogP contribution is 2.30. The Labute approximate surface area is 145 Å². The Morgan fingerprint density at radius 2 is 2.12 bits per heavy atom. The molecule has 25 heavy (non-hydrogen) atoms. The van der Waals surface area contributed by atoms with Gasteiger partial charge in [-0.1, -0.05) is 16.8 Å². The lowest BCUT2D eigenvalue weighted by molar-refractivity contribution is 0.580. The van der Waals surface area contributed by atoms with Crippen LogP contribution in [0.25, 0.3) is 39.2 Å². The van der Waals surface area contributed by atoms with Gasteiger partial charge in [-0.05, 0) is 30.3 Å². The molecule has 4 aromatic heterocycles. The van der Waals surface area contributed by atoms with Crippen molar-refractivity contribution in [2.45, 2.75) is 0 Å². The zero-order valence-corrected chi connectivity index (χ0v) is 13.4. The number of aromatic nitrogens is 6. The molecule has 0 saturated carbocycles. The van der Waals surface area contributed by atoms with E-state index in [0.717, 1.165) is 10.9 Å². The van der Waals surface area contributed by atoms with Crippen LogP contribution in [0.5, 0.6) is 0 Å². The highest BCUT2D eigenvalue weighted by atomic mass is 35.5. The van der Waals surface area contributed by atoms with Crippen LogP contribution >= 0.6 is 11.6 Å². The standard InChI is InChI=1S/C16H10ClN7O/c17-9-7-10-8(3-4-19-10)6-11(9)24-15-14(22-23-24)13(20-16(18)21-15)12-2-1-5-25-12/h1-7,19H,(H2,18,20,21). The van der Waals surface area contributed by atoms with Gasteiger partial charge in [0.25, 0.3) is 0 Å². The number of furan rings is 1. The second-order valence-corrected chi connectivity index (χ2v) is 5.86. The number of nitrogens with two attached hydrogens (primary N) is 1. The highest BCUT2D eigenvalue weighted by molar-refractivity contribution is 6.33. The molecule has 5 rings (SSSR count). The fourth-order valence-corrected chi connectivity index (χ4v) is 3.05. The summed E-state index contributed by atoms with van der Waals surface area (Å²) in [7, 11) is 0. The van der Waals surface area contributed by atoms with Gasteiger partial charge < -0.3 is 15.1 Å². The van der Waals surface area contributed by atoms with E-state index >= 15 is 0 Å². The molecule has 0 fully saturated rings. The van der Waals surface area contributed by atoms with Gasteiger partial charge in [-0.3, -0.25) is 0 Å². The summed E-state index contributed by atoms with van der Waals surface area (Å²) in [4.78, 5) is 11.6. The van der Waals surface area contributed by atoms with Gasteiger partial charge in [0.1, 0.15) is 5.69 Å². The zero-order valence-electron chi connectivity index (χ0n) is 12.6. The van der Waals surface area contributed by atoms with Crippen LogP contribution in [-0.4, -0.2) is 29.9 Å². The summed E-state index contributed by atoms with van der Waals surface area (Å²) in [6.07, 6.45) is 3.40. The molecule has 0 unspecified atom stereocenters. The normalized spacial score (nSPS) is 11.6. The Bertz CT molecular complexity index is 1220. The first-order valence-electron chi connectivity index (χ1n) is 7.40. The second-order valence-electron chi connectivity index (χ2n) is 5.45. The van der Waals surface area contributed by atoms with Crippen molar-refractivity contribution in [2.75, 3.05) is 5.73 Å². The molecule has 0 aliphatic heterocycles. The van der Waals surface area contributed by atoms with Crippen LogP contribution < -0.4 is 5.73 Å². The summed E-state index contributed by atoms with van der Waals surface area (Å²) < 4.78 is 6.97. The monoisotopic (exact) mass is 351 g/mol. The van der Waals surface area contributed by atoms with Gasteiger partial charge in [-0.25, -0.2) is 4.98 Å². The molecule has 0 spiro atoms. The van der Waals surface area contributed by atoms with E-state index in [0.29, 0.717) is 33.3 Å². The van der Waals surface area contributed by atoms with Crippen LogP contribution in [0.4, 0.5) is 5.95 Å². The maximum Gasteiger partial charge on any atom is 0.222 e. The van der Waals surface area contributed by atoms with E-state index in [4.69, 9.17) is 21.8 Å². The van der Waals surface area contributed by atoms with Gasteiger partial charge in [-0.2, -0.15) is 9.67 Å². The summed E-state index contributed by atoms with van der Waals surface area (Å²) in [6, 6.07) is 9.23. The van der Waals surface area contributed by atoms with Crippen molar-refractivity contribution < 1.29 is 4.42 Å². The van der Waals surface area contributed by atoms with E-state index in [-0.39, 0.29) is 5.95 Å². The van der Waals surface area contributed by atoms with Crippen LogP contribution in [0.3, 0.4) is 0 Å². The minimum atomic E-state index is 0.0984. The molecule has 8 nitrogen and oxygen atoms in total. The van der Waals surface area contributed by atoms with E-state index in [1.165, 1.54) is 0 Å². The Morgan fingerprint density at radius 1 is 1.20 bits per heavy atom. The molecule has 0 atom stereocenters. The topological polar surface area (TPSA) is 111 Å². The lowest BCUT2D eigenvalue weighted by Crippen LogP contribution is -2.02. The number of rotatable bonds is 2. The summed E-state index contributed by atoms with van der Waals surface area (Å²) in [5.74, 6) is 0.639. The number of nitrogens with zero attached hydrogens (tertiary/aromatic N) is 5. The van der Waals surface area contributed by atoms with Crippen LogP contribution in [0, 0.1) is 0 Å². The molecule has 0 amide bonds. The molecule has 0 bridgehead atoms. The van der Waals surface area contributed by atoms with Gasteiger partial charge in [-0.15, -0.1) is 5.10 Å². The quantitative estimate of drug-likeness (QED) is 0.505. The molecule has 0 aliphatic carbocycles. The smallest absolute Gasteiger partial charge is 0.222 e. The largest absolute Gasteiger partial charge is 0.463 e. The molecule has 9 heteroatoms. The van der Waals surface area contributed by atoms with E-state index in [1.54, 1.807) is 23.1 Å². The van der Waals surface area contributed by atoms with Crippen molar-refractivity contribution in [1.82, 2.24) is 29.9 Å². The number of nitrogens with one attached hydrogen (secondary N) is 1. The molecule has 3 N–H and O–H groups in total. The van der Waals surface area contributed by atoms with Gasteiger partial charge in [0.15, 0.2) is 16.9 Å². The Morgan fingerprint density at radius 3 is 2.96 bits per heavy atom. The third kappa shape index (κ3) is 2.08. The Balaban J connectivity index is 1.81. The maximum absolute atomic E-state index is 6.43. The van der Waals surface area contributed by atoms with Crippen LogP contribution in [0.15, 0.2) is 47.2 Å². The number of anilines is 1. The first kappa shape index (κ1) is 14.0. The fraction of sp³-hybridized carbons (Fsp3) is 0. The molecule has 1 aromatic carbocycles. The first-order valence-corrected chi connectivity index (χ1v) is 7.78. The Kier molecular flexibility index (Phi) is 2.83. The number of halogens is 1. The minimum absolute atomic E-state index is 0.0984. The van der Waals surface area contributed by atoms with Crippen molar-refractivity contribution in [1.29, 1.82) is 0 Å². The number of hydrogen-bond acceptors (Lipinski definition) is 6. The molecule has 4 heterocycles. The van der Waals surface area contributed by atoms with Crippen molar-refractivity contribution >= 4 is 39.6 Å². The van der Waals surface area contributed by atoms with Crippen LogP contribution in [0.2, 0.25) is 5.02 Å². The number of hydrogen-bond donors (Lipinski definition) is 2. The van der Waals surface area contributed by atoms with Crippen molar-refractivity contribution in [2.24, 2.45) is 0 Å². The maximum atomic E-state index is 6.43. The SMILES string of the molecule is Nc1nc(-c2ccco2)c2nnn(-c3cc4cc[nH]c4cc3Cl)c2n1. The second kappa shape index (κ2) is 5.05. The number of benzene rings is 1. The van der Waals surface area contributed by atoms with E-state index < -0.39 is 0 Å². The lowest BCUT2D eigenvalue weighted by atomic mass is 10.2. The van der Waals surface area contributed by atoms with E-state index in [1.807, 2.05) is 24.4 Å². The summed E-state index contributed by atoms with van der Waals surface area (Å²) in [6.45, 7) is 0.